The molecule has 1 atom stereocenters. The van der Waals surface area contributed by atoms with Gasteiger partial charge < -0.3 is 5.32 Å². The third-order valence-electron chi connectivity index (χ3n) is 2.50. The van der Waals surface area contributed by atoms with Gasteiger partial charge in [-0.05, 0) is 53.7 Å². The maximum Gasteiger partial charge on any atom is 0.0153 e. The van der Waals surface area contributed by atoms with Gasteiger partial charge in [-0.3, -0.25) is 0 Å². The van der Waals surface area contributed by atoms with E-state index < -0.39 is 0 Å². The van der Waals surface area contributed by atoms with Gasteiger partial charge >= 0.3 is 0 Å². The van der Waals surface area contributed by atoms with E-state index in [4.69, 9.17) is 0 Å². The lowest BCUT2D eigenvalue weighted by molar-refractivity contribution is 0.561. The minimum Gasteiger partial charge on any atom is -0.316 e. The van der Waals surface area contributed by atoms with Crippen LogP contribution in [0.1, 0.15) is 10.4 Å². The van der Waals surface area contributed by atoms with Crippen LogP contribution < -0.4 is 5.32 Å². The number of hydrogen-bond acceptors (Lipinski definition) is 3. The maximum atomic E-state index is 3.39. The summed E-state index contributed by atoms with van der Waals surface area (Å²) >= 11 is 3.62. The molecule has 15 heavy (non-hydrogen) atoms. The Labute approximate surface area is 98.8 Å². The zero-order valence-corrected chi connectivity index (χ0v) is 10.4. The Bertz CT molecular complexity index is 328. The second-order valence-corrected chi connectivity index (χ2v) is 5.42. The van der Waals surface area contributed by atoms with Crippen molar-refractivity contribution in [2.24, 2.45) is 0 Å². The van der Waals surface area contributed by atoms with Crippen LogP contribution in [0.3, 0.4) is 0 Å². The molecular weight excluding hydrogens is 222 g/mol. The van der Waals surface area contributed by atoms with Gasteiger partial charge in [0.1, 0.15) is 0 Å². The van der Waals surface area contributed by atoms with E-state index in [1.807, 2.05) is 18.4 Å². The molecular formula is C12H15NS2. The molecule has 1 unspecified atom stereocenters. The molecule has 0 aromatic carbocycles. The average molecular weight is 237 g/mol. The minimum absolute atomic E-state index is 0.554. The lowest BCUT2D eigenvalue weighted by atomic mass is 10.1. The maximum absolute atomic E-state index is 3.39. The van der Waals surface area contributed by atoms with Crippen molar-refractivity contribution in [2.75, 3.05) is 7.05 Å². The Morgan fingerprint density at radius 2 is 2.20 bits per heavy atom. The molecule has 3 heteroatoms. The Morgan fingerprint density at radius 1 is 1.27 bits per heavy atom. The normalized spacial score (nSPS) is 12.9. The molecule has 0 aliphatic carbocycles. The van der Waals surface area contributed by atoms with Gasteiger partial charge in [-0.25, -0.2) is 0 Å². The van der Waals surface area contributed by atoms with Crippen molar-refractivity contribution in [3.63, 3.8) is 0 Å². The summed E-state index contributed by atoms with van der Waals surface area (Å²) < 4.78 is 0. The van der Waals surface area contributed by atoms with Crippen LogP contribution in [0, 0.1) is 0 Å². The molecule has 80 valence electrons. The third-order valence-corrected chi connectivity index (χ3v) is 4.13. The lowest BCUT2D eigenvalue weighted by Gasteiger charge is -2.14. The molecule has 2 heterocycles. The fraction of sp³-hybridized carbons (Fsp3) is 0.333. The molecule has 0 spiro atoms. The average Bonchev–Trinajstić information content (AvgIpc) is 2.89. The Hall–Kier alpha value is -0.640. The largest absolute Gasteiger partial charge is 0.316 e. The fourth-order valence-electron chi connectivity index (χ4n) is 1.64. The summed E-state index contributed by atoms with van der Waals surface area (Å²) in [6.07, 6.45) is 2.25. The van der Waals surface area contributed by atoms with E-state index in [0.717, 1.165) is 12.8 Å². The van der Waals surface area contributed by atoms with E-state index in [9.17, 15) is 0 Å². The van der Waals surface area contributed by atoms with Crippen LogP contribution in [0.15, 0.2) is 34.3 Å². The highest BCUT2D eigenvalue weighted by atomic mass is 32.1. The highest BCUT2D eigenvalue weighted by Gasteiger charge is 2.08. The second-order valence-electron chi connectivity index (χ2n) is 3.60. The third kappa shape index (κ3) is 3.16. The number of nitrogens with one attached hydrogen (secondary N) is 1. The molecule has 2 rings (SSSR count). The summed E-state index contributed by atoms with van der Waals surface area (Å²) in [6, 6.07) is 7.10. The Morgan fingerprint density at radius 3 is 2.80 bits per heavy atom. The van der Waals surface area contributed by atoms with Gasteiger partial charge in [-0.1, -0.05) is 6.07 Å². The van der Waals surface area contributed by atoms with Crippen molar-refractivity contribution in [2.45, 2.75) is 18.9 Å². The molecule has 2 aromatic rings. The highest BCUT2D eigenvalue weighted by Crippen LogP contribution is 2.15. The van der Waals surface area contributed by atoms with E-state index in [-0.39, 0.29) is 0 Å². The van der Waals surface area contributed by atoms with Gasteiger partial charge in [0.15, 0.2) is 0 Å². The summed E-state index contributed by atoms with van der Waals surface area (Å²) in [5.74, 6) is 0. The first kappa shape index (κ1) is 10.9. The first-order chi connectivity index (χ1) is 7.38. The van der Waals surface area contributed by atoms with E-state index >= 15 is 0 Å². The van der Waals surface area contributed by atoms with E-state index in [1.54, 1.807) is 11.3 Å². The monoisotopic (exact) mass is 237 g/mol. The molecule has 0 fully saturated rings. The molecule has 0 saturated heterocycles. The second kappa shape index (κ2) is 5.45. The van der Waals surface area contributed by atoms with Crippen LogP contribution in [0.25, 0.3) is 0 Å². The van der Waals surface area contributed by atoms with Gasteiger partial charge in [0.25, 0.3) is 0 Å². The van der Waals surface area contributed by atoms with Gasteiger partial charge in [-0.2, -0.15) is 11.3 Å². The molecule has 0 amide bonds. The molecule has 2 aromatic heterocycles. The van der Waals surface area contributed by atoms with Crippen molar-refractivity contribution in [3.8, 4) is 0 Å². The van der Waals surface area contributed by atoms with Crippen molar-refractivity contribution in [1.82, 2.24) is 5.32 Å². The molecule has 1 N–H and O–H groups in total. The number of likely N-dealkylation sites (N-methyl/N-ethyl adjacent to an activating group) is 1. The van der Waals surface area contributed by atoms with Gasteiger partial charge in [0, 0.05) is 10.9 Å². The van der Waals surface area contributed by atoms with Crippen LogP contribution >= 0.6 is 22.7 Å². The van der Waals surface area contributed by atoms with Crippen LogP contribution in [0.5, 0.6) is 0 Å². The van der Waals surface area contributed by atoms with Gasteiger partial charge in [-0.15, -0.1) is 11.3 Å². The standard InChI is InChI=1S/C12H15NS2/c1-13-11(7-10-4-6-14-9-10)8-12-3-2-5-15-12/h2-6,9,11,13H,7-8H2,1H3. The number of thiophene rings is 2. The van der Waals surface area contributed by atoms with Gasteiger partial charge in [0.05, 0.1) is 0 Å². The van der Waals surface area contributed by atoms with E-state index in [1.165, 1.54) is 10.4 Å². The molecule has 0 aliphatic heterocycles. The van der Waals surface area contributed by atoms with E-state index in [0.29, 0.717) is 6.04 Å². The minimum atomic E-state index is 0.554. The van der Waals surface area contributed by atoms with Crippen molar-refractivity contribution >= 4 is 22.7 Å². The van der Waals surface area contributed by atoms with Crippen LogP contribution in [0.2, 0.25) is 0 Å². The lowest BCUT2D eigenvalue weighted by Crippen LogP contribution is -2.29. The predicted octanol–water partition coefficient (Wildman–Crippen LogP) is 3.18. The quantitative estimate of drug-likeness (QED) is 0.842. The number of rotatable bonds is 5. The molecule has 0 bridgehead atoms. The zero-order valence-electron chi connectivity index (χ0n) is 8.77. The van der Waals surface area contributed by atoms with Crippen LogP contribution in [0.4, 0.5) is 0 Å². The van der Waals surface area contributed by atoms with Crippen molar-refractivity contribution in [1.29, 1.82) is 0 Å². The van der Waals surface area contributed by atoms with Gasteiger partial charge in [0.2, 0.25) is 0 Å². The summed E-state index contributed by atoms with van der Waals surface area (Å²) in [6.45, 7) is 0. The summed E-state index contributed by atoms with van der Waals surface area (Å²) in [4.78, 5) is 1.46. The number of hydrogen-bond donors (Lipinski definition) is 1. The Kier molecular flexibility index (Phi) is 3.94. The fourth-order valence-corrected chi connectivity index (χ4v) is 3.11. The van der Waals surface area contributed by atoms with Crippen LogP contribution in [-0.2, 0) is 12.8 Å². The highest BCUT2D eigenvalue weighted by molar-refractivity contribution is 7.09. The summed E-state index contributed by atoms with van der Waals surface area (Å²) in [5.41, 5.74) is 1.44. The SMILES string of the molecule is CNC(Cc1ccsc1)Cc1cccs1. The molecule has 0 radical (unpaired) electrons. The van der Waals surface area contributed by atoms with E-state index in [2.05, 4.69) is 39.7 Å². The zero-order chi connectivity index (χ0) is 10.5. The smallest absolute Gasteiger partial charge is 0.0153 e. The molecule has 1 nitrogen and oxygen atoms in total. The molecule has 0 aliphatic rings. The Balaban J connectivity index is 1.93. The van der Waals surface area contributed by atoms with Crippen LogP contribution in [-0.4, -0.2) is 13.1 Å². The summed E-state index contributed by atoms with van der Waals surface area (Å²) in [7, 11) is 2.05. The first-order valence-corrected chi connectivity index (χ1v) is 6.91. The first-order valence-electron chi connectivity index (χ1n) is 5.09. The topological polar surface area (TPSA) is 12.0 Å². The summed E-state index contributed by atoms with van der Waals surface area (Å²) in [5, 5.41) is 9.92. The van der Waals surface area contributed by atoms with Crippen molar-refractivity contribution < 1.29 is 0 Å². The molecule has 0 saturated carbocycles. The van der Waals surface area contributed by atoms with Crippen molar-refractivity contribution in [3.05, 3.63) is 44.8 Å². The predicted molar refractivity (Wildman–Crippen MR) is 68.9 cm³/mol.